The third kappa shape index (κ3) is 5.41. The van der Waals surface area contributed by atoms with E-state index in [4.69, 9.17) is 4.74 Å². The zero-order chi connectivity index (χ0) is 19.8. The minimum Gasteiger partial charge on any atom is -0.508 e. The first kappa shape index (κ1) is 21.1. The van der Waals surface area contributed by atoms with Crippen molar-refractivity contribution in [2.75, 3.05) is 0 Å². The first-order chi connectivity index (χ1) is 13.0. The van der Waals surface area contributed by atoms with Crippen LogP contribution in [0.3, 0.4) is 0 Å². The number of aromatic hydroxyl groups is 2. The summed E-state index contributed by atoms with van der Waals surface area (Å²) in [7, 11) is 0. The topological polar surface area (TPSA) is 49.7 Å². The number of hydrogen-bond acceptors (Lipinski definition) is 3. The Kier molecular flexibility index (Phi) is 8.02. The lowest BCUT2D eigenvalue weighted by Gasteiger charge is -2.18. The fourth-order valence-electron chi connectivity index (χ4n) is 3.48. The Morgan fingerprint density at radius 1 is 0.556 bits per heavy atom. The van der Waals surface area contributed by atoms with Gasteiger partial charge in [0.15, 0.2) is 0 Å². The van der Waals surface area contributed by atoms with E-state index in [2.05, 4.69) is 27.7 Å². The molecule has 27 heavy (non-hydrogen) atoms. The Balaban J connectivity index is 2.49. The maximum atomic E-state index is 10.3. The molecule has 2 rings (SSSR count). The van der Waals surface area contributed by atoms with Crippen molar-refractivity contribution in [3.8, 4) is 23.0 Å². The molecule has 3 heteroatoms. The van der Waals surface area contributed by atoms with E-state index < -0.39 is 0 Å². The van der Waals surface area contributed by atoms with Crippen molar-refractivity contribution in [2.24, 2.45) is 0 Å². The van der Waals surface area contributed by atoms with Gasteiger partial charge in [0, 0.05) is 0 Å². The third-order valence-electron chi connectivity index (χ3n) is 4.82. The smallest absolute Gasteiger partial charge is 0.131 e. The van der Waals surface area contributed by atoms with Gasteiger partial charge in [-0.1, -0.05) is 53.4 Å². The molecule has 0 bridgehead atoms. The Hall–Kier alpha value is -2.16. The Morgan fingerprint density at radius 2 is 0.889 bits per heavy atom. The summed E-state index contributed by atoms with van der Waals surface area (Å²) in [4.78, 5) is 0. The molecular formula is C24H34O3. The van der Waals surface area contributed by atoms with Crippen molar-refractivity contribution >= 4 is 0 Å². The van der Waals surface area contributed by atoms with E-state index in [1.807, 2.05) is 24.3 Å². The number of benzene rings is 2. The average molecular weight is 371 g/mol. The molecule has 0 saturated heterocycles. The molecule has 0 radical (unpaired) electrons. The average Bonchev–Trinajstić information content (AvgIpc) is 2.63. The molecule has 2 aromatic carbocycles. The van der Waals surface area contributed by atoms with Gasteiger partial charge in [-0.05, 0) is 72.2 Å². The van der Waals surface area contributed by atoms with Gasteiger partial charge in [-0.25, -0.2) is 0 Å². The minimum absolute atomic E-state index is 0.360. The molecular weight excluding hydrogens is 336 g/mol. The van der Waals surface area contributed by atoms with Crippen LogP contribution in [0.15, 0.2) is 24.3 Å². The Bertz CT molecular complexity index is 686. The lowest BCUT2D eigenvalue weighted by atomic mass is 10.0. The summed E-state index contributed by atoms with van der Waals surface area (Å²) in [6.07, 6.45) is 7.29. The molecule has 0 heterocycles. The molecule has 0 fully saturated rings. The molecule has 2 aromatic rings. The van der Waals surface area contributed by atoms with Crippen LogP contribution in [0.5, 0.6) is 23.0 Å². The Labute approximate surface area is 164 Å². The summed E-state index contributed by atoms with van der Waals surface area (Å²) in [5, 5.41) is 20.7. The number of hydrogen-bond donors (Lipinski definition) is 2. The van der Waals surface area contributed by atoms with Crippen LogP contribution in [0.2, 0.25) is 0 Å². The van der Waals surface area contributed by atoms with E-state index in [0.717, 1.165) is 85.1 Å². The van der Waals surface area contributed by atoms with Gasteiger partial charge in [-0.15, -0.1) is 0 Å². The van der Waals surface area contributed by atoms with Gasteiger partial charge in [0.2, 0.25) is 0 Å². The van der Waals surface area contributed by atoms with Crippen LogP contribution in [0.25, 0.3) is 0 Å². The van der Waals surface area contributed by atoms with Crippen molar-refractivity contribution in [3.63, 3.8) is 0 Å². The first-order valence-electron chi connectivity index (χ1n) is 10.4. The van der Waals surface area contributed by atoms with Crippen LogP contribution in [-0.2, 0) is 25.7 Å². The van der Waals surface area contributed by atoms with Gasteiger partial charge in [0.1, 0.15) is 23.0 Å². The zero-order valence-electron chi connectivity index (χ0n) is 17.3. The standard InChI is InChI=1S/C24H34O3/c1-5-9-17-15-23(19(11-7-3)13-21(17)25)27-24-16-18(10-6-2)22(26)14-20(24)12-8-4/h13-16,25-26H,5-12H2,1-4H3. The van der Waals surface area contributed by atoms with Crippen LogP contribution in [-0.4, -0.2) is 10.2 Å². The van der Waals surface area contributed by atoms with Crippen LogP contribution in [0, 0.1) is 0 Å². The van der Waals surface area contributed by atoms with Gasteiger partial charge in [0.25, 0.3) is 0 Å². The largest absolute Gasteiger partial charge is 0.508 e. The predicted molar refractivity (Wildman–Crippen MR) is 112 cm³/mol. The van der Waals surface area contributed by atoms with E-state index in [1.165, 1.54) is 0 Å². The fraction of sp³-hybridized carbons (Fsp3) is 0.500. The monoisotopic (exact) mass is 370 g/mol. The lowest BCUT2D eigenvalue weighted by molar-refractivity contribution is 0.443. The zero-order valence-corrected chi connectivity index (χ0v) is 17.3. The highest BCUT2D eigenvalue weighted by atomic mass is 16.5. The quantitative estimate of drug-likeness (QED) is 0.489. The molecule has 0 aliphatic heterocycles. The molecule has 0 amide bonds. The van der Waals surface area contributed by atoms with Gasteiger partial charge >= 0.3 is 0 Å². The summed E-state index contributed by atoms with van der Waals surface area (Å²) in [5.41, 5.74) is 3.92. The summed E-state index contributed by atoms with van der Waals surface area (Å²) >= 11 is 0. The highest BCUT2D eigenvalue weighted by Crippen LogP contribution is 2.37. The van der Waals surface area contributed by atoms with E-state index in [9.17, 15) is 10.2 Å². The molecule has 0 atom stereocenters. The van der Waals surface area contributed by atoms with Crippen molar-refractivity contribution in [3.05, 3.63) is 46.5 Å². The van der Waals surface area contributed by atoms with Crippen LogP contribution < -0.4 is 4.74 Å². The van der Waals surface area contributed by atoms with Crippen molar-refractivity contribution in [1.82, 2.24) is 0 Å². The normalized spacial score (nSPS) is 11.0. The number of aryl methyl sites for hydroxylation is 4. The molecule has 0 unspecified atom stereocenters. The van der Waals surface area contributed by atoms with Gasteiger partial charge in [0.05, 0.1) is 0 Å². The molecule has 0 aromatic heterocycles. The molecule has 0 saturated carbocycles. The van der Waals surface area contributed by atoms with Crippen molar-refractivity contribution < 1.29 is 14.9 Å². The van der Waals surface area contributed by atoms with Crippen molar-refractivity contribution in [1.29, 1.82) is 0 Å². The predicted octanol–water partition coefficient (Wildman–Crippen LogP) is 6.70. The van der Waals surface area contributed by atoms with E-state index in [1.54, 1.807) is 0 Å². The van der Waals surface area contributed by atoms with Gasteiger partial charge < -0.3 is 14.9 Å². The summed E-state index contributed by atoms with van der Waals surface area (Å²) in [6.45, 7) is 8.47. The second-order valence-electron chi connectivity index (χ2n) is 7.28. The second-order valence-corrected chi connectivity index (χ2v) is 7.28. The minimum atomic E-state index is 0.360. The highest BCUT2D eigenvalue weighted by Gasteiger charge is 2.15. The third-order valence-corrected chi connectivity index (χ3v) is 4.82. The molecule has 0 aliphatic rings. The van der Waals surface area contributed by atoms with Crippen LogP contribution >= 0.6 is 0 Å². The summed E-state index contributed by atoms with van der Waals surface area (Å²) < 4.78 is 6.41. The van der Waals surface area contributed by atoms with Crippen molar-refractivity contribution in [2.45, 2.75) is 79.1 Å². The highest BCUT2D eigenvalue weighted by molar-refractivity contribution is 5.51. The molecule has 2 N–H and O–H groups in total. The van der Waals surface area contributed by atoms with Crippen LogP contribution in [0.4, 0.5) is 0 Å². The maximum absolute atomic E-state index is 10.3. The van der Waals surface area contributed by atoms with E-state index >= 15 is 0 Å². The SMILES string of the molecule is CCCc1cc(Oc2cc(CCC)c(O)cc2CCC)c(CCC)cc1O. The molecule has 148 valence electrons. The molecule has 3 nitrogen and oxygen atoms in total. The van der Waals surface area contributed by atoms with Gasteiger partial charge in [-0.3, -0.25) is 0 Å². The number of phenolic OH excluding ortho intramolecular Hbond substituents is 2. The number of phenols is 2. The summed E-state index contributed by atoms with van der Waals surface area (Å²) in [6, 6.07) is 7.70. The molecule has 0 aliphatic carbocycles. The summed E-state index contributed by atoms with van der Waals surface area (Å²) in [5.74, 6) is 2.37. The second kappa shape index (κ2) is 10.2. The van der Waals surface area contributed by atoms with Gasteiger partial charge in [-0.2, -0.15) is 0 Å². The number of ether oxygens (including phenoxy) is 1. The Morgan fingerprint density at radius 3 is 1.22 bits per heavy atom. The number of rotatable bonds is 10. The van der Waals surface area contributed by atoms with E-state index in [0.29, 0.717) is 11.5 Å². The van der Waals surface area contributed by atoms with E-state index in [-0.39, 0.29) is 0 Å². The fourth-order valence-corrected chi connectivity index (χ4v) is 3.48. The lowest BCUT2D eigenvalue weighted by Crippen LogP contribution is -1.99. The molecule has 0 spiro atoms. The maximum Gasteiger partial charge on any atom is 0.131 e. The van der Waals surface area contributed by atoms with Crippen LogP contribution in [0.1, 0.15) is 75.6 Å². The first-order valence-corrected chi connectivity index (χ1v) is 10.4.